The summed E-state index contributed by atoms with van der Waals surface area (Å²) in [6, 6.07) is 0. The first kappa shape index (κ1) is 11.8. The van der Waals surface area contributed by atoms with Crippen LogP contribution in [-0.2, 0) is 4.74 Å². The molecule has 0 saturated carbocycles. The van der Waals surface area contributed by atoms with Gasteiger partial charge in [0.15, 0.2) is 0 Å². The Balaban J connectivity index is 3.26. The molecule has 0 aromatic heterocycles. The lowest BCUT2D eigenvalue weighted by atomic mass is 10.5. The van der Waals surface area contributed by atoms with Gasteiger partial charge in [0.05, 0.1) is 6.61 Å². The quantitative estimate of drug-likeness (QED) is 0.320. The Morgan fingerprint density at radius 3 is 2.50 bits per heavy atom. The lowest BCUT2D eigenvalue weighted by molar-refractivity contribution is 0.122. The zero-order valence-electron chi connectivity index (χ0n) is 8.18. The number of nitrogens with one attached hydrogen (secondary N) is 3. The van der Waals surface area contributed by atoms with E-state index in [4.69, 9.17) is 4.74 Å². The molecule has 0 aliphatic heterocycles. The van der Waals surface area contributed by atoms with Crippen LogP contribution in [0.15, 0.2) is 0 Å². The second kappa shape index (κ2) is 8.89. The Kier molecular flexibility index (Phi) is 8.74. The van der Waals surface area contributed by atoms with Gasteiger partial charge in [0, 0.05) is 26.7 Å². The lowest BCUT2D eigenvalue weighted by Crippen LogP contribution is -2.43. The highest BCUT2D eigenvalue weighted by Gasteiger charge is 1.99. The summed E-state index contributed by atoms with van der Waals surface area (Å²) in [5.74, 6) is 0. The molecular weight excluding hydrogens is 156 g/mol. The van der Waals surface area contributed by atoms with Crippen LogP contribution in [0.4, 0.5) is 0 Å². The van der Waals surface area contributed by atoms with Gasteiger partial charge in [-0.25, -0.2) is 5.01 Å². The van der Waals surface area contributed by atoms with Crippen LogP contribution >= 0.6 is 0 Å². The first-order chi connectivity index (χ1) is 5.85. The fraction of sp³-hybridized carbons (Fsp3) is 1.00. The van der Waals surface area contributed by atoms with Gasteiger partial charge in [0.25, 0.3) is 0 Å². The predicted octanol–water partition coefficient (Wildman–Crippen LogP) is -1.21. The Bertz CT molecular complexity index is 91.5. The fourth-order valence-corrected chi connectivity index (χ4v) is 0.853. The largest absolute Gasteiger partial charge is 0.383 e. The number of hydrazine groups is 2. The Labute approximate surface area is 74.4 Å². The predicted molar refractivity (Wildman–Crippen MR) is 49.6 cm³/mol. The molecule has 3 N–H and O–H groups in total. The van der Waals surface area contributed by atoms with E-state index in [1.165, 1.54) is 0 Å². The van der Waals surface area contributed by atoms with E-state index >= 15 is 0 Å². The molecule has 0 aromatic rings. The van der Waals surface area contributed by atoms with Crippen LogP contribution in [0.25, 0.3) is 0 Å². The van der Waals surface area contributed by atoms with Crippen LogP contribution in [0.2, 0.25) is 0 Å². The average Bonchev–Trinajstić information content (AvgIpc) is 2.11. The molecule has 0 radical (unpaired) electrons. The van der Waals surface area contributed by atoms with Crippen LogP contribution in [0, 0.1) is 0 Å². The van der Waals surface area contributed by atoms with Crippen LogP contribution in [-0.4, -0.2) is 52.5 Å². The standard InChI is InChI=1S/C7H20N4O/c1-8-10-4-5-11(9-2)6-7-12-3/h8-10H,4-7H2,1-3H3. The summed E-state index contributed by atoms with van der Waals surface area (Å²) in [6.07, 6.45) is 0. The molecule has 0 saturated heterocycles. The smallest absolute Gasteiger partial charge is 0.0603 e. The fourth-order valence-electron chi connectivity index (χ4n) is 0.853. The summed E-state index contributed by atoms with van der Waals surface area (Å²) in [5.41, 5.74) is 8.97. The molecule has 0 aromatic carbocycles. The Morgan fingerprint density at radius 2 is 2.00 bits per heavy atom. The highest BCUT2D eigenvalue weighted by molar-refractivity contribution is 4.50. The van der Waals surface area contributed by atoms with Gasteiger partial charge in [-0.15, -0.1) is 0 Å². The van der Waals surface area contributed by atoms with E-state index in [1.807, 2.05) is 14.1 Å². The molecule has 0 amide bonds. The van der Waals surface area contributed by atoms with E-state index in [0.29, 0.717) is 0 Å². The van der Waals surface area contributed by atoms with Gasteiger partial charge in [0.2, 0.25) is 0 Å². The van der Waals surface area contributed by atoms with E-state index in [1.54, 1.807) is 7.11 Å². The molecular formula is C7H20N4O. The molecule has 0 aliphatic carbocycles. The second-order valence-electron chi connectivity index (χ2n) is 2.38. The SMILES string of the molecule is CNNCCN(CCOC)NC. The maximum Gasteiger partial charge on any atom is 0.0603 e. The van der Waals surface area contributed by atoms with Gasteiger partial charge in [-0.2, -0.15) is 0 Å². The van der Waals surface area contributed by atoms with Crippen molar-refractivity contribution in [3.63, 3.8) is 0 Å². The maximum atomic E-state index is 4.96. The number of ether oxygens (including phenoxy) is 1. The zero-order valence-corrected chi connectivity index (χ0v) is 8.18. The minimum Gasteiger partial charge on any atom is -0.383 e. The molecule has 0 spiro atoms. The van der Waals surface area contributed by atoms with Gasteiger partial charge in [0.1, 0.15) is 0 Å². The first-order valence-corrected chi connectivity index (χ1v) is 4.16. The number of hydrogen-bond acceptors (Lipinski definition) is 5. The molecule has 5 heteroatoms. The van der Waals surface area contributed by atoms with E-state index in [9.17, 15) is 0 Å². The average molecular weight is 176 g/mol. The highest BCUT2D eigenvalue weighted by Crippen LogP contribution is 1.79. The van der Waals surface area contributed by atoms with Crippen molar-refractivity contribution in [3.8, 4) is 0 Å². The van der Waals surface area contributed by atoms with Crippen molar-refractivity contribution >= 4 is 0 Å². The number of rotatable bonds is 8. The third-order valence-electron chi connectivity index (χ3n) is 1.57. The lowest BCUT2D eigenvalue weighted by Gasteiger charge is -2.20. The van der Waals surface area contributed by atoms with Gasteiger partial charge in [-0.1, -0.05) is 0 Å². The van der Waals surface area contributed by atoms with E-state index in [2.05, 4.69) is 21.3 Å². The molecule has 0 bridgehead atoms. The van der Waals surface area contributed by atoms with E-state index < -0.39 is 0 Å². The zero-order chi connectivity index (χ0) is 9.23. The summed E-state index contributed by atoms with van der Waals surface area (Å²) >= 11 is 0. The van der Waals surface area contributed by atoms with Crippen LogP contribution < -0.4 is 16.3 Å². The van der Waals surface area contributed by atoms with Crippen molar-refractivity contribution in [2.75, 3.05) is 47.4 Å². The van der Waals surface area contributed by atoms with Crippen LogP contribution in [0.5, 0.6) is 0 Å². The monoisotopic (exact) mass is 176 g/mol. The molecule has 0 atom stereocenters. The van der Waals surface area contributed by atoms with Gasteiger partial charge in [-0.3, -0.25) is 16.3 Å². The number of hydrogen-bond donors (Lipinski definition) is 3. The third-order valence-corrected chi connectivity index (χ3v) is 1.57. The second-order valence-corrected chi connectivity index (χ2v) is 2.38. The van der Waals surface area contributed by atoms with Gasteiger partial charge < -0.3 is 4.74 Å². The molecule has 74 valence electrons. The first-order valence-electron chi connectivity index (χ1n) is 4.16. The number of methoxy groups -OCH3 is 1. The summed E-state index contributed by atoms with van der Waals surface area (Å²) in [6.45, 7) is 3.50. The van der Waals surface area contributed by atoms with Crippen LogP contribution in [0.1, 0.15) is 0 Å². The van der Waals surface area contributed by atoms with Crippen molar-refractivity contribution < 1.29 is 4.74 Å². The molecule has 0 fully saturated rings. The van der Waals surface area contributed by atoms with Crippen molar-refractivity contribution in [3.05, 3.63) is 0 Å². The van der Waals surface area contributed by atoms with E-state index in [-0.39, 0.29) is 0 Å². The van der Waals surface area contributed by atoms with E-state index in [0.717, 1.165) is 26.2 Å². The van der Waals surface area contributed by atoms with Crippen molar-refractivity contribution in [2.24, 2.45) is 0 Å². The van der Waals surface area contributed by atoms with Gasteiger partial charge >= 0.3 is 0 Å². The topological polar surface area (TPSA) is 48.6 Å². The minimum atomic E-state index is 0.750. The highest BCUT2D eigenvalue weighted by atomic mass is 16.5. The third kappa shape index (κ3) is 6.51. The van der Waals surface area contributed by atoms with Crippen molar-refractivity contribution in [2.45, 2.75) is 0 Å². The summed E-state index contributed by atoms with van der Waals surface area (Å²) < 4.78 is 4.96. The van der Waals surface area contributed by atoms with Gasteiger partial charge in [-0.05, 0) is 14.1 Å². The maximum absolute atomic E-state index is 4.96. The van der Waals surface area contributed by atoms with Crippen molar-refractivity contribution in [1.82, 2.24) is 21.3 Å². The summed E-state index contributed by atoms with van der Waals surface area (Å²) in [4.78, 5) is 0. The Morgan fingerprint density at radius 1 is 1.25 bits per heavy atom. The molecule has 0 heterocycles. The molecule has 0 rings (SSSR count). The molecule has 5 nitrogen and oxygen atoms in total. The minimum absolute atomic E-state index is 0.750. The molecule has 0 aliphatic rings. The Hall–Kier alpha value is -0.200. The normalized spacial score (nSPS) is 11.0. The summed E-state index contributed by atoms with van der Waals surface area (Å²) in [7, 11) is 5.48. The molecule has 0 unspecified atom stereocenters. The number of nitrogens with zero attached hydrogens (tertiary/aromatic N) is 1. The molecule has 12 heavy (non-hydrogen) atoms. The van der Waals surface area contributed by atoms with Crippen LogP contribution in [0.3, 0.4) is 0 Å². The summed E-state index contributed by atoms with van der Waals surface area (Å²) in [5, 5.41) is 2.09. The van der Waals surface area contributed by atoms with Crippen molar-refractivity contribution in [1.29, 1.82) is 0 Å².